The van der Waals surface area contributed by atoms with Crippen LogP contribution in [0.4, 0.5) is 4.79 Å². The lowest BCUT2D eigenvalue weighted by atomic mass is 9.93. The minimum absolute atomic E-state index is 0.0910. The van der Waals surface area contributed by atoms with E-state index < -0.39 is 0 Å². The first kappa shape index (κ1) is 17.7. The number of carbonyl (C=O) groups is 1. The second-order valence-electron chi connectivity index (χ2n) is 7.30. The van der Waals surface area contributed by atoms with Crippen molar-refractivity contribution in [1.82, 2.24) is 10.6 Å². The number of ether oxygens (including phenoxy) is 1. The SMILES string of the molecule is C/C=C/OC1CCC(NC(=O)NC2c3ccccc3-c3ccccc32)CC1. The minimum atomic E-state index is -0.0932. The molecule has 0 aliphatic heterocycles. The Morgan fingerprint density at radius 2 is 1.52 bits per heavy atom. The first-order valence-electron chi connectivity index (χ1n) is 9.78. The van der Waals surface area contributed by atoms with Crippen LogP contribution in [0.5, 0.6) is 0 Å². The van der Waals surface area contributed by atoms with Crippen molar-refractivity contribution in [2.45, 2.75) is 50.8 Å². The predicted octanol–water partition coefficient (Wildman–Crippen LogP) is 4.92. The first-order valence-corrected chi connectivity index (χ1v) is 9.78. The molecular weight excluding hydrogens is 336 g/mol. The van der Waals surface area contributed by atoms with Gasteiger partial charge in [-0.25, -0.2) is 4.79 Å². The van der Waals surface area contributed by atoms with E-state index in [1.807, 2.05) is 37.3 Å². The summed E-state index contributed by atoms with van der Waals surface area (Å²) in [6, 6.07) is 16.6. The van der Waals surface area contributed by atoms with Crippen molar-refractivity contribution in [3.05, 3.63) is 72.0 Å². The van der Waals surface area contributed by atoms with Crippen molar-refractivity contribution in [1.29, 1.82) is 0 Å². The maximum absolute atomic E-state index is 12.7. The van der Waals surface area contributed by atoms with Crippen molar-refractivity contribution in [3.8, 4) is 11.1 Å². The molecule has 0 radical (unpaired) electrons. The van der Waals surface area contributed by atoms with Gasteiger partial charge in [0.2, 0.25) is 0 Å². The molecule has 0 spiro atoms. The maximum atomic E-state index is 12.7. The number of amides is 2. The van der Waals surface area contributed by atoms with Crippen LogP contribution in [0.15, 0.2) is 60.9 Å². The fourth-order valence-corrected chi connectivity index (χ4v) is 4.20. The van der Waals surface area contributed by atoms with Gasteiger partial charge in [-0.05, 0) is 54.9 Å². The van der Waals surface area contributed by atoms with Gasteiger partial charge in [-0.3, -0.25) is 0 Å². The van der Waals surface area contributed by atoms with Crippen molar-refractivity contribution in [3.63, 3.8) is 0 Å². The Hall–Kier alpha value is -2.75. The summed E-state index contributed by atoms with van der Waals surface area (Å²) in [6.07, 6.45) is 7.81. The zero-order valence-corrected chi connectivity index (χ0v) is 15.7. The molecule has 0 atom stereocenters. The third kappa shape index (κ3) is 3.70. The standard InChI is InChI=1S/C23H26N2O2/c1-2-15-27-17-13-11-16(12-14-17)24-23(26)25-22-20-9-5-3-7-18(20)19-8-4-6-10-21(19)22/h2-10,15-17,22H,11-14H2,1H3,(H2,24,25,26)/b15-2+. The number of nitrogens with one attached hydrogen (secondary N) is 2. The highest BCUT2D eigenvalue weighted by molar-refractivity contribution is 5.82. The van der Waals surface area contributed by atoms with E-state index in [1.54, 1.807) is 6.26 Å². The van der Waals surface area contributed by atoms with Gasteiger partial charge >= 0.3 is 6.03 Å². The fourth-order valence-electron chi connectivity index (χ4n) is 4.20. The first-order chi connectivity index (χ1) is 13.3. The lowest BCUT2D eigenvalue weighted by Gasteiger charge is -2.29. The Morgan fingerprint density at radius 1 is 0.926 bits per heavy atom. The van der Waals surface area contributed by atoms with Gasteiger partial charge in [-0.1, -0.05) is 54.6 Å². The molecule has 0 aromatic heterocycles. The highest BCUT2D eigenvalue weighted by Gasteiger charge is 2.30. The zero-order valence-electron chi connectivity index (χ0n) is 15.7. The molecule has 2 aliphatic rings. The third-order valence-corrected chi connectivity index (χ3v) is 5.53. The van der Waals surface area contributed by atoms with E-state index in [0.29, 0.717) is 0 Å². The molecule has 2 aromatic rings. The van der Waals surface area contributed by atoms with Crippen molar-refractivity contribution in [2.75, 3.05) is 0 Å². The molecule has 2 aliphatic carbocycles. The molecule has 0 bridgehead atoms. The number of rotatable bonds is 4. The van der Waals surface area contributed by atoms with Gasteiger partial charge in [0, 0.05) is 6.04 Å². The molecule has 2 N–H and O–H groups in total. The van der Waals surface area contributed by atoms with E-state index in [2.05, 4.69) is 34.9 Å². The summed E-state index contributed by atoms with van der Waals surface area (Å²) in [5, 5.41) is 6.35. The molecule has 4 rings (SSSR count). The van der Waals surface area contributed by atoms with Crippen molar-refractivity contribution >= 4 is 6.03 Å². The van der Waals surface area contributed by atoms with Gasteiger partial charge in [0.25, 0.3) is 0 Å². The lowest BCUT2D eigenvalue weighted by molar-refractivity contribution is 0.0959. The van der Waals surface area contributed by atoms with Gasteiger partial charge in [-0.2, -0.15) is 0 Å². The number of fused-ring (bicyclic) bond motifs is 3. The van der Waals surface area contributed by atoms with Crippen molar-refractivity contribution < 1.29 is 9.53 Å². The van der Waals surface area contributed by atoms with Gasteiger partial charge in [-0.15, -0.1) is 0 Å². The summed E-state index contributed by atoms with van der Waals surface area (Å²) in [5.41, 5.74) is 4.75. The Labute approximate surface area is 160 Å². The molecular formula is C23H26N2O2. The van der Waals surface area contributed by atoms with Crippen LogP contribution < -0.4 is 10.6 Å². The van der Waals surface area contributed by atoms with Crippen LogP contribution in [0.2, 0.25) is 0 Å². The van der Waals surface area contributed by atoms with Gasteiger partial charge < -0.3 is 15.4 Å². The number of hydrogen-bond donors (Lipinski definition) is 2. The molecule has 2 amide bonds. The van der Waals surface area contributed by atoms with Crippen LogP contribution in [0.25, 0.3) is 11.1 Å². The average Bonchev–Trinajstić information content (AvgIpc) is 3.02. The predicted molar refractivity (Wildman–Crippen MR) is 107 cm³/mol. The Kier molecular flexibility index (Phi) is 5.14. The second kappa shape index (κ2) is 7.87. The summed E-state index contributed by atoms with van der Waals surface area (Å²) < 4.78 is 5.66. The summed E-state index contributed by atoms with van der Waals surface area (Å²) in [7, 11) is 0. The molecule has 1 fully saturated rings. The number of urea groups is 1. The molecule has 4 nitrogen and oxygen atoms in total. The van der Waals surface area contributed by atoms with E-state index in [0.717, 1.165) is 36.8 Å². The summed E-state index contributed by atoms with van der Waals surface area (Å²) in [4.78, 5) is 12.7. The van der Waals surface area contributed by atoms with Gasteiger partial charge in [0.1, 0.15) is 0 Å². The van der Waals surface area contributed by atoms with E-state index in [-0.39, 0.29) is 24.2 Å². The van der Waals surface area contributed by atoms with E-state index >= 15 is 0 Å². The largest absolute Gasteiger partial charge is 0.498 e. The number of carbonyl (C=O) groups excluding carboxylic acids is 1. The Balaban J connectivity index is 1.39. The quantitative estimate of drug-likeness (QED) is 0.759. The number of allylic oxidation sites excluding steroid dienone is 1. The lowest BCUT2D eigenvalue weighted by Crippen LogP contribution is -2.45. The molecule has 0 unspecified atom stereocenters. The minimum Gasteiger partial charge on any atom is -0.498 e. The molecule has 140 valence electrons. The molecule has 27 heavy (non-hydrogen) atoms. The molecule has 4 heteroatoms. The average molecular weight is 362 g/mol. The Morgan fingerprint density at radius 3 is 2.11 bits per heavy atom. The van der Waals surface area contributed by atoms with Crippen LogP contribution in [0.3, 0.4) is 0 Å². The van der Waals surface area contributed by atoms with Crippen LogP contribution in [0.1, 0.15) is 49.8 Å². The molecule has 2 aromatic carbocycles. The van der Waals surface area contributed by atoms with Crippen LogP contribution in [-0.2, 0) is 4.74 Å². The summed E-state index contributed by atoms with van der Waals surface area (Å²) in [6.45, 7) is 1.96. The maximum Gasteiger partial charge on any atom is 0.315 e. The Bertz CT molecular complexity index is 792. The van der Waals surface area contributed by atoms with Gasteiger partial charge in [0.15, 0.2) is 0 Å². The van der Waals surface area contributed by atoms with E-state index in [4.69, 9.17) is 4.74 Å². The van der Waals surface area contributed by atoms with Crippen LogP contribution in [0, 0.1) is 0 Å². The van der Waals surface area contributed by atoms with Crippen LogP contribution in [-0.4, -0.2) is 18.2 Å². The molecule has 0 heterocycles. The van der Waals surface area contributed by atoms with Crippen LogP contribution >= 0.6 is 0 Å². The van der Waals surface area contributed by atoms with Gasteiger partial charge in [0.05, 0.1) is 18.4 Å². The normalized spacial score (nSPS) is 21.5. The smallest absolute Gasteiger partial charge is 0.315 e. The van der Waals surface area contributed by atoms with E-state index in [9.17, 15) is 4.79 Å². The summed E-state index contributed by atoms with van der Waals surface area (Å²) in [5.74, 6) is 0. The molecule has 0 saturated heterocycles. The monoisotopic (exact) mass is 362 g/mol. The van der Waals surface area contributed by atoms with Crippen molar-refractivity contribution in [2.24, 2.45) is 0 Å². The highest BCUT2D eigenvalue weighted by atomic mass is 16.5. The topological polar surface area (TPSA) is 50.4 Å². The summed E-state index contributed by atoms with van der Waals surface area (Å²) >= 11 is 0. The van der Waals surface area contributed by atoms with E-state index in [1.165, 1.54) is 11.1 Å². The fraction of sp³-hybridized carbons (Fsp3) is 0.348. The number of benzene rings is 2. The number of hydrogen-bond acceptors (Lipinski definition) is 2. The highest BCUT2D eigenvalue weighted by Crippen LogP contribution is 2.42. The third-order valence-electron chi connectivity index (χ3n) is 5.53. The zero-order chi connectivity index (χ0) is 18.6. The molecule has 1 saturated carbocycles. The second-order valence-corrected chi connectivity index (χ2v) is 7.30.